The fourth-order valence-corrected chi connectivity index (χ4v) is 2.59. The summed E-state index contributed by atoms with van der Waals surface area (Å²) < 4.78 is 16.9. The molecular weight excluding hydrogens is 324 g/mol. The van der Waals surface area contributed by atoms with Crippen LogP contribution in [-0.4, -0.2) is 24.7 Å². The number of nitrogens with zero attached hydrogens (tertiary/aromatic N) is 1. The Morgan fingerprint density at radius 2 is 1.88 bits per heavy atom. The number of rotatable bonds is 5. The van der Waals surface area contributed by atoms with E-state index in [1.165, 1.54) is 4.57 Å². The molecule has 2 aromatic carbocycles. The molecule has 0 bridgehead atoms. The zero-order valence-electron chi connectivity index (χ0n) is 14.2. The fraction of sp³-hybridized carbons (Fsp3) is 0.222. The Kier molecular flexibility index (Phi) is 4.47. The zero-order valence-corrected chi connectivity index (χ0v) is 14.2. The minimum Gasteiger partial charge on any atom is -0.493 e. The number of oxazole rings is 1. The first-order valence-electron chi connectivity index (χ1n) is 7.62. The Morgan fingerprint density at radius 3 is 2.60 bits per heavy atom. The first-order valence-corrected chi connectivity index (χ1v) is 7.62. The van der Waals surface area contributed by atoms with Crippen molar-refractivity contribution in [3.63, 3.8) is 0 Å². The number of amides is 1. The van der Waals surface area contributed by atoms with E-state index in [4.69, 9.17) is 13.9 Å². The van der Waals surface area contributed by atoms with Crippen molar-refractivity contribution in [1.29, 1.82) is 0 Å². The second kappa shape index (κ2) is 6.72. The summed E-state index contributed by atoms with van der Waals surface area (Å²) in [5.74, 6) is 0.546. The number of benzene rings is 2. The molecule has 0 saturated carbocycles. The maximum atomic E-state index is 12.3. The van der Waals surface area contributed by atoms with Gasteiger partial charge in [0.1, 0.15) is 0 Å². The maximum absolute atomic E-state index is 12.3. The molecule has 1 heterocycles. The van der Waals surface area contributed by atoms with Crippen molar-refractivity contribution in [3.8, 4) is 11.5 Å². The molecule has 0 spiro atoms. The van der Waals surface area contributed by atoms with Gasteiger partial charge in [-0.05, 0) is 29.8 Å². The number of carbonyl (C=O) groups is 1. The van der Waals surface area contributed by atoms with Gasteiger partial charge in [0, 0.05) is 18.8 Å². The van der Waals surface area contributed by atoms with Crippen LogP contribution in [0.1, 0.15) is 5.56 Å². The van der Waals surface area contributed by atoms with Crippen molar-refractivity contribution in [2.75, 3.05) is 19.5 Å². The smallest absolute Gasteiger partial charge is 0.419 e. The number of hydrogen-bond acceptors (Lipinski definition) is 5. The van der Waals surface area contributed by atoms with Crippen LogP contribution in [-0.2, 0) is 18.3 Å². The number of fused-ring (bicyclic) bond motifs is 1. The molecule has 3 aromatic rings. The Balaban J connectivity index is 1.75. The van der Waals surface area contributed by atoms with Gasteiger partial charge < -0.3 is 19.2 Å². The summed E-state index contributed by atoms with van der Waals surface area (Å²) >= 11 is 0. The van der Waals surface area contributed by atoms with Crippen LogP contribution in [0.15, 0.2) is 45.6 Å². The van der Waals surface area contributed by atoms with Crippen molar-refractivity contribution in [2.24, 2.45) is 7.05 Å². The van der Waals surface area contributed by atoms with E-state index in [1.54, 1.807) is 57.7 Å². The van der Waals surface area contributed by atoms with E-state index in [9.17, 15) is 9.59 Å². The van der Waals surface area contributed by atoms with Crippen molar-refractivity contribution in [1.82, 2.24) is 4.57 Å². The van der Waals surface area contributed by atoms with E-state index in [0.717, 1.165) is 5.56 Å². The van der Waals surface area contributed by atoms with Crippen LogP contribution in [0.25, 0.3) is 11.1 Å². The van der Waals surface area contributed by atoms with Gasteiger partial charge in [0.25, 0.3) is 0 Å². The molecule has 25 heavy (non-hydrogen) atoms. The second-order valence-electron chi connectivity index (χ2n) is 5.52. The number of ether oxygens (including phenoxy) is 2. The number of aryl methyl sites for hydroxylation is 1. The summed E-state index contributed by atoms with van der Waals surface area (Å²) in [5, 5.41) is 2.80. The van der Waals surface area contributed by atoms with Crippen molar-refractivity contribution < 1.29 is 18.7 Å². The average molecular weight is 342 g/mol. The van der Waals surface area contributed by atoms with Crippen molar-refractivity contribution in [2.45, 2.75) is 6.42 Å². The third kappa shape index (κ3) is 3.35. The number of carbonyl (C=O) groups excluding carboxylic acids is 1. The maximum Gasteiger partial charge on any atom is 0.419 e. The lowest BCUT2D eigenvalue weighted by Crippen LogP contribution is -2.14. The Hall–Kier alpha value is -3.22. The van der Waals surface area contributed by atoms with Gasteiger partial charge in [0.15, 0.2) is 17.1 Å². The summed E-state index contributed by atoms with van der Waals surface area (Å²) in [6, 6.07) is 10.4. The van der Waals surface area contributed by atoms with Crippen LogP contribution in [0.4, 0.5) is 5.69 Å². The van der Waals surface area contributed by atoms with E-state index in [-0.39, 0.29) is 12.3 Å². The molecule has 0 aliphatic carbocycles. The fourth-order valence-electron chi connectivity index (χ4n) is 2.59. The molecular formula is C18H18N2O5. The molecule has 0 radical (unpaired) electrons. The third-order valence-electron chi connectivity index (χ3n) is 3.89. The highest BCUT2D eigenvalue weighted by Gasteiger charge is 2.11. The highest BCUT2D eigenvalue weighted by atomic mass is 16.5. The Bertz CT molecular complexity index is 987. The van der Waals surface area contributed by atoms with Gasteiger partial charge >= 0.3 is 5.76 Å². The predicted molar refractivity (Wildman–Crippen MR) is 93.3 cm³/mol. The van der Waals surface area contributed by atoms with Crippen molar-refractivity contribution in [3.05, 3.63) is 52.5 Å². The van der Waals surface area contributed by atoms with Crippen molar-refractivity contribution >= 4 is 22.7 Å². The van der Waals surface area contributed by atoms with E-state index < -0.39 is 5.76 Å². The quantitative estimate of drug-likeness (QED) is 0.769. The predicted octanol–water partition coefficient (Wildman–Crippen LogP) is 2.33. The van der Waals surface area contributed by atoms with E-state index in [2.05, 4.69) is 5.32 Å². The van der Waals surface area contributed by atoms with Gasteiger partial charge in [-0.1, -0.05) is 6.07 Å². The molecule has 0 aliphatic rings. The average Bonchev–Trinajstić information content (AvgIpc) is 2.88. The van der Waals surface area contributed by atoms with E-state index in [0.29, 0.717) is 28.3 Å². The van der Waals surface area contributed by atoms with Gasteiger partial charge in [-0.25, -0.2) is 4.79 Å². The zero-order chi connectivity index (χ0) is 18.0. The number of nitrogens with one attached hydrogen (secondary N) is 1. The standard InChI is InChI=1S/C18H18N2O5/c1-20-13-6-5-12(10-15(13)25-18(20)22)19-17(21)9-11-4-7-14(23-2)16(8-11)24-3/h4-8,10H,9H2,1-3H3,(H,19,21). The summed E-state index contributed by atoms with van der Waals surface area (Å²) in [6.07, 6.45) is 0.178. The van der Waals surface area contributed by atoms with Gasteiger partial charge in [-0.15, -0.1) is 0 Å². The van der Waals surface area contributed by atoms with Gasteiger partial charge in [-0.2, -0.15) is 0 Å². The minimum absolute atomic E-state index is 0.178. The molecule has 1 amide bonds. The van der Waals surface area contributed by atoms with Crippen LogP contribution in [0, 0.1) is 0 Å². The summed E-state index contributed by atoms with van der Waals surface area (Å²) in [6.45, 7) is 0. The summed E-state index contributed by atoms with van der Waals surface area (Å²) in [5.41, 5.74) is 2.45. The molecule has 0 aliphatic heterocycles. The Labute approximate surface area is 143 Å². The normalized spacial score (nSPS) is 10.7. The van der Waals surface area contributed by atoms with E-state index >= 15 is 0 Å². The second-order valence-corrected chi connectivity index (χ2v) is 5.52. The molecule has 7 heteroatoms. The van der Waals surface area contributed by atoms with Gasteiger partial charge in [0.05, 0.1) is 26.2 Å². The molecule has 0 atom stereocenters. The SMILES string of the molecule is COc1ccc(CC(=O)Nc2ccc3c(c2)oc(=O)n3C)cc1OC. The molecule has 0 saturated heterocycles. The highest BCUT2D eigenvalue weighted by molar-refractivity contribution is 5.94. The Morgan fingerprint density at radius 1 is 1.12 bits per heavy atom. The lowest BCUT2D eigenvalue weighted by molar-refractivity contribution is -0.115. The highest BCUT2D eigenvalue weighted by Crippen LogP contribution is 2.27. The topological polar surface area (TPSA) is 82.7 Å². The largest absolute Gasteiger partial charge is 0.493 e. The van der Waals surface area contributed by atoms with Crippen LogP contribution in [0.3, 0.4) is 0 Å². The first kappa shape index (κ1) is 16.6. The van der Waals surface area contributed by atoms with Crippen LogP contribution >= 0.6 is 0 Å². The number of methoxy groups -OCH3 is 2. The van der Waals surface area contributed by atoms with Crippen LogP contribution < -0.4 is 20.5 Å². The monoisotopic (exact) mass is 342 g/mol. The molecule has 130 valence electrons. The van der Waals surface area contributed by atoms with Gasteiger partial charge in [0.2, 0.25) is 5.91 Å². The molecule has 3 rings (SSSR count). The third-order valence-corrected chi connectivity index (χ3v) is 3.89. The first-order chi connectivity index (χ1) is 12.0. The van der Waals surface area contributed by atoms with E-state index in [1.807, 2.05) is 0 Å². The van der Waals surface area contributed by atoms with Gasteiger partial charge in [-0.3, -0.25) is 9.36 Å². The molecule has 0 fully saturated rings. The molecule has 1 N–H and O–H groups in total. The van der Waals surface area contributed by atoms with Crippen LogP contribution in [0.2, 0.25) is 0 Å². The lowest BCUT2D eigenvalue weighted by Gasteiger charge is -2.10. The molecule has 7 nitrogen and oxygen atoms in total. The number of anilines is 1. The lowest BCUT2D eigenvalue weighted by atomic mass is 10.1. The molecule has 1 aromatic heterocycles. The molecule has 0 unspecified atom stereocenters. The minimum atomic E-state index is -0.441. The van der Waals surface area contributed by atoms with Crippen LogP contribution in [0.5, 0.6) is 11.5 Å². The summed E-state index contributed by atoms with van der Waals surface area (Å²) in [4.78, 5) is 23.8. The number of hydrogen-bond donors (Lipinski definition) is 1. The summed E-state index contributed by atoms with van der Waals surface area (Å²) in [7, 11) is 4.73. The number of aromatic nitrogens is 1.